The fourth-order valence-electron chi connectivity index (χ4n) is 2.64. The Labute approximate surface area is 151 Å². The van der Waals surface area contributed by atoms with Crippen LogP contribution in [0, 0.1) is 0 Å². The number of phenolic OH excluding ortho intramolecular Hbond substituents is 1. The molecular formula is C19H17ClN2OS. The molecule has 0 fully saturated rings. The van der Waals surface area contributed by atoms with E-state index in [1.807, 2.05) is 23.1 Å². The molecule has 0 spiro atoms. The van der Waals surface area contributed by atoms with E-state index >= 15 is 0 Å². The van der Waals surface area contributed by atoms with Crippen molar-refractivity contribution in [3.8, 4) is 5.75 Å². The van der Waals surface area contributed by atoms with Gasteiger partial charge in [0.15, 0.2) is 5.11 Å². The molecule has 3 aromatic carbocycles. The summed E-state index contributed by atoms with van der Waals surface area (Å²) in [6, 6.07) is 19.3. The van der Waals surface area contributed by atoms with E-state index in [0.717, 1.165) is 23.3 Å². The minimum Gasteiger partial charge on any atom is -0.506 e. The molecule has 0 heterocycles. The Balaban J connectivity index is 1.92. The molecule has 0 saturated carbocycles. The molecule has 2 N–H and O–H groups in total. The summed E-state index contributed by atoms with van der Waals surface area (Å²) >= 11 is 11.5. The van der Waals surface area contributed by atoms with Gasteiger partial charge >= 0.3 is 0 Å². The average molecular weight is 357 g/mol. The van der Waals surface area contributed by atoms with Gasteiger partial charge in [-0.25, -0.2) is 0 Å². The quantitative estimate of drug-likeness (QED) is 0.485. The maximum atomic E-state index is 9.53. The highest BCUT2D eigenvalue weighted by atomic mass is 35.5. The number of nitrogens with zero attached hydrogens (tertiary/aromatic N) is 1. The minimum atomic E-state index is 0.0505. The van der Waals surface area contributed by atoms with E-state index in [2.05, 4.69) is 36.5 Å². The zero-order chi connectivity index (χ0) is 17.1. The zero-order valence-electron chi connectivity index (χ0n) is 13.2. The Morgan fingerprint density at radius 3 is 2.62 bits per heavy atom. The Bertz CT molecular complexity index is 892. The largest absolute Gasteiger partial charge is 0.506 e. The van der Waals surface area contributed by atoms with E-state index in [0.29, 0.717) is 5.11 Å². The number of benzene rings is 3. The fourth-order valence-corrected chi connectivity index (χ4v) is 3.17. The third kappa shape index (κ3) is 3.30. The number of rotatable bonds is 3. The number of hydrogen-bond acceptors (Lipinski definition) is 2. The average Bonchev–Trinajstić information content (AvgIpc) is 2.59. The van der Waals surface area contributed by atoms with Crippen molar-refractivity contribution >= 4 is 51.1 Å². The van der Waals surface area contributed by atoms with Crippen molar-refractivity contribution < 1.29 is 5.11 Å². The molecule has 0 aliphatic carbocycles. The normalized spacial score (nSPS) is 10.6. The van der Waals surface area contributed by atoms with E-state index in [1.165, 1.54) is 5.39 Å². The molecule has 0 bridgehead atoms. The molecule has 0 amide bonds. The lowest BCUT2D eigenvalue weighted by atomic mass is 10.1. The molecule has 0 unspecified atom stereocenters. The molecule has 3 nitrogen and oxygen atoms in total. The van der Waals surface area contributed by atoms with Crippen LogP contribution >= 0.6 is 23.8 Å². The topological polar surface area (TPSA) is 35.5 Å². The van der Waals surface area contributed by atoms with E-state index in [1.54, 1.807) is 18.2 Å². The second-order valence-corrected chi connectivity index (χ2v) is 6.13. The molecule has 3 rings (SSSR count). The number of thiocarbonyl (C=S) groups is 1. The van der Waals surface area contributed by atoms with Gasteiger partial charge in [-0.05, 0) is 48.8 Å². The van der Waals surface area contributed by atoms with Crippen LogP contribution in [0.2, 0.25) is 5.02 Å². The van der Waals surface area contributed by atoms with Gasteiger partial charge in [-0.2, -0.15) is 0 Å². The molecule has 0 aliphatic rings. The first kappa shape index (κ1) is 16.6. The van der Waals surface area contributed by atoms with Gasteiger partial charge in [0, 0.05) is 17.6 Å². The molecule has 0 aromatic heterocycles. The predicted octanol–water partition coefficient (Wildman–Crippen LogP) is 5.42. The van der Waals surface area contributed by atoms with Crippen LogP contribution in [0.4, 0.5) is 11.4 Å². The Morgan fingerprint density at radius 1 is 1.12 bits per heavy atom. The molecule has 3 aromatic rings. The molecule has 122 valence electrons. The van der Waals surface area contributed by atoms with Crippen LogP contribution < -0.4 is 10.2 Å². The predicted molar refractivity (Wildman–Crippen MR) is 106 cm³/mol. The number of fused-ring (bicyclic) bond motifs is 1. The maximum Gasteiger partial charge on any atom is 0.177 e. The second kappa shape index (κ2) is 7.07. The molecule has 0 radical (unpaired) electrons. The van der Waals surface area contributed by atoms with Crippen LogP contribution in [0.3, 0.4) is 0 Å². The number of hydrogen-bond donors (Lipinski definition) is 2. The first-order chi connectivity index (χ1) is 11.6. The second-order valence-electron chi connectivity index (χ2n) is 5.34. The summed E-state index contributed by atoms with van der Waals surface area (Å²) < 4.78 is 0. The monoisotopic (exact) mass is 356 g/mol. The van der Waals surface area contributed by atoms with Crippen LogP contribution in [0.1, 0.15) is 6.92 Å². The summed E-state index contributed by atoms with van der Waals surface area (Å²) in [5.74, 6) is 0.0505. The number of anilines is 2. The number of nitrogens with one attached hydrogen (secondary N) is 1. The third-order valence-corrected chi connectivity index (χ3v) is 4.44. The van der Waals surface area contributed by atoms with E-state index < -0.39 is 0 Å². The van der Waals surface area contributed by atoms with Crippen molar-refractivity contribution in [2.45, 2.75) is 6.92 Å². The molecule has 0 aliphatic heterocycles. The summed E-state index contributed by atoms with van der Waals surface area (Å²) in [5, 5.41) is 15.9. The van der Waals surface area contributed by atoms with Crippen molar-refractivity contribution in [1.29, 1.82) is 0 Å². The van der Waals surface area contributed by atoms with Gasteiger partial charge in [0.25, 0.3) is 0 Å². The highest BCUT2D eigenvalue weighted by molar-refractivity contribution is 7.80. The summed E-state index contributed by atoms with van der Waals surface area (Å²) in [6.45, 7) is 2.78. The van der Waals surface area contributed by atoms with Gasteiger partial charge in [-0.15, -0.1) is 0 Å². The fraction of sp³-hybridized carbons (Fsp3) is 0.105. The molecule has 5 heteroatoms. The Hall–Kier alpha value is -2.30. The molecule has 0 atom stereocenters. The van der Waals surface area contributed by atoms with Crippen molar-refractivity contribution in [2.24, 2.45) is 0 Å². The number of halogens is 1. The minimum absolute atomic E-state index is 0.0505. The first-order valence-corrected chi connectivity index (χ1v) is 8.43. The van der Waals surface area contributed by atoms with Crippen LogP contribution in [0.25, 0.3) is 10.8 Å². The van der Waals surface area contributed by atoms with Crippen LogP contribution in [0.15, 0.2) is 60.7 Å². The van der Waals surface area contributed by atoms with Gasteiger partial charge < -0.3 is 15.3 Å². The van der Waals surface area contributed by atoms with Gasteiger partial charge in [0.1, 0.15) is 5.75 Å². The SMILES string of the molecule is CCN(C(=S)Nc1ccc(O)c(Cl)c1)c1cccc2ccccc12. The summed E-state index contributed by atoms with van der Waals surface area (Å²) in [4.78, 5) is 2.04. The highest BCUT2D eigenvalue weighted by Crippen LogP contribution is 2.29. The molecular weight excluding hydrogens is 340 g/mol. The number of aromatic hydroxyl groups is 1. The standard InChI is InChI=1S/C19H17ClN2OS/c1-2-22(17-9-5-7-13-6-3-4-8-15(13)17)19(24)21-14-10-11-18(23)16(20)12-14/h3-12,23H,2H2,1H3,(H,21,24). The van der Waals surface area contributed by atoms with Gasteiger partial charge in [0.05, 0.1) is 10.7 Å². The van der Waals surface area contributed by atoms with Crippen molar-refractivity contribution in [2.75, 3.05) is 16.8 Å². The number of phenols is 1. The summed E-state index contributed by atoms with van der Waals surface area (Å²) in [7, 11) is 0. The first-order valence-electron chi connectivity index (χ1n) is 7.65. The van der Waals surface area contributed by atoms with Crippen LogP contribution in [0.5, 0.6) is 5.75 Å². The van der Waals surface area contributed by atoms with E-state index in [-0.39, 0.29) is 10.8 Å². The lowest BCUT2D eigenvalue weighted by Crippen LogP contribution is -2.34. The summed E-state index contributed by atoms with van der Waals surface area (Å²) in [5.41, 5.74) is 1.79. The van der Waals surface area contributed by atoms with Gasteiger partial charge in [-0.1, -0.05) is 48.0 Å². The smallest absolute Gasteiger partial charge is 0.177 e. The zero-order valence-corrected chi connectivity index (χ0v) is 14.7. The van der Waals surface area contributed by atoms with Crippen molar-refractivity contribution in [3.05, 3.63) is 65.7 Å². The third-order valence-electron chi connectivity index (χ3n) is 3.82. The van der Waals surface area contributed by atoms with E-state index in [4.69, 9.17) is 23.8 Å². The molecule has 24 heavy (non-hydrogen) atoms. The van der Waals surface area contributed by atoms with Gasteiger partial charge in [-0.3, -0.25) is 0 Å². The van der Waals surface area contributed by atoms with Crippen molar-refractivity contribution in [3.63, 3.8) is 0 Å². The maximum absolute atomic E-state index is 9.53. The Kier molecular flexibility index (Phi) is 4.88. The molecule has 0 saturated heterocycles. The lowest BCUT2D eigenvalue weighted by molar-refractivity contribution is 0.475. The highest BCUT2D eigenvalue weighted by Gasteiger charge is 2.13. The lowest BCUT2D eigenvalue weighted by Gasteiger charge is -2.26. The Morgan fingerprint density at radius 2 is 1.88 bits per heavy atom. The van der Waals surface area contributed by atoms with Crippen molar-refractivity contribution in [1.82, 2.24) is 0 Å². The van der Waals surface area contributed by atoms with Gasteiger partial charge in [0.2, 0.25) is 0 Å². The summed E-state index contributed by atoms with van der Waals surface area (Å²) in [6.07, 6.45) is 0. The van der Waals surface area contributed by atoms with E-state index in [9.17, 15) is 5.11 Å². The van der Waals surface area contributed by atoms with Crippen LogP contribution in [-0.4, -0.2) is 16.8 Å². The van der Waals surface area contributed by atoms with Crippen LogP contribution in [-0.2, 0) is 0 Å².